The van der Waals surface area contributed by atoms with E-state index in [4.69, 9.17) is 0 Å². The summed E-state index contributed by atoms with van der Waals surface area (Å²) in [5.74, 6) is 0.936. The normalized spacial score (nSPS) is 16.5. The molecule has 1 aliphatic rings. The second kappa shape index (κ2) is 7.59. The van der Waals surface area contributed by atoms with Crippen LogP contribution in [0.2, 0.25) is 0 Å². The molecule has 0 radical (unpaired) electrons. The second-order valence-electron chi connectivity index (χ2n) is 6.49. The van der Waals surface area contributed by atoms with Gasteiger partial charge in [0.1, 0.15) is 5.82 Å². The fraction of sp³-hybridized carbons (Fsp3) is 0.444. The van der Waals surface area contributed by atoms with Gasteiger partial charge in [-0.2, -0.15) is 4.31 Å². The summed E-state index contributed by atoms with van der Waals surface area (Å²) in [6.07, 6.45) is 5.38. The van der Waals surface area contributed by atoms with Gasteiger partial charge in [-0.25, -0.2) is 18.2 Å². The van der Waals surface area contributed by atoms with Gasteiger partial charge >= 0.3 is 5.97 Å². The molecule has 3 rings (SSSR count). The molecule has 1 aromatic heterocycles. The molecule has 0 aliphatic carbocycles. The van der Waals surface area contributed by atoms with Gasteiger partial charge < -0.3 is 9.30 Å². The van der Waals surface area contributed by atoms with E-state index in [-0.39, 0.29) is 4.90 Å². The lowest BCUT2D eigenvalue weighted by Crippen LogP contribution is -2.39. The van der Waals surface area contributed by atoms with E-state index in [1.807, 2.05) is 13.1 Å². The Morgan fingerprint density at radius 1 is 1.23 bits per heavy atom. The van der Waals surface area contributed by atoms with Crippen LogP contribution in [-0.2, 0) is 21.3 Å². The highest BCUT2D eigenvalue weighted by molar-refractivity contribution is 7.89. The van der Waals surface area contributed by atoms with Crippen LogP contribution in [-0.4, -0.2) is 48.4 Å². The summed E-state index contributed by atoms with van der Waals surface area (Å²) in [5, 5.41) is 0. The predicted molar refractivity (Wildman–Crippen MR) is 96.2 cm³/mol. The van der Waals surface area contributed by atoms with Crippen molar-refractivity contribution in [2.75, 3.05) is 20.2 Å². The first kappa shape index (κ1) is 18.6. The van der Waals surface area contributed by atoms with E-state index in [1.165, 1.54) is 35.7 Å². The van der Waals surface area contributed by atoms with Crippen molar-refractivity contribution in [2.45, 2.75) is 31.2 Å². The van der Waals surface area contributed by atoms with Gasteiger partial charge in [0.25, 0.3) is 0 Å². The van der Waals surface area contributed by atoms with E-state index >= 15 is 0 Å². The van der Waals surface area contributed by atoms with E-state index in [2.05, 4.69) is 14.3 Å². The summed E-state index contributed by atoms with van der Waals surface area (Å²) in [6.45, 7) is 3.84. The van der Waals surface area contributed by atoms with Crippen molar-refractivity contribution in [3.8, 4) is 0 Å². The van der Waals surface area contributed by atoms with Gasteiger partial charge in [0, 0.05) is 32.0 Å². The third kappa shape index (κ3) is 3.81. The summed E-state index contributed by atoms with van der Waals surface area (Å²) >= 11 is 0. The van der Waals surface area contributed by atoms with Crippen LogP contribution in [0.1, 0.15) is 29.0 Å². The maximum absolute atomic E-state index is 12.8. The lowest BCUT2D eigenvalue weighted by molar-refractivity contribution is 0.0600. The Labute approximate surface area is 153 Å². The minimum atomic E-state index is -3.54. The molecule has 140 valence electrons. The minimum absolute atomic E-state index is 0.203. The summed E-state index contributed by atoms with van der Waals surface area (Å²) in [6, 6.07) is 5.88. The highest BCUT2D eigenvalue weighted by atomic mass is 32.2. The molecule has 0 amide bonds. The highest BCUT2D eigenvalue weighted by Crippen LogP contribution is 2.25. The Hall–Kier alpha value is -2.19. The number of carbonyl (C=O) groups excluding carboxylic acids is 1. The van der Waals surface area contributed by atoms with E-state index in [0.717, 1.165) is 25.2 Å². The van der Waals surface area contributed by atoms with Crippen molar-refractivity contribution in [3.63, 3.8) is 0 Å². The van der Waals surface area contributed by atoms with Crippen molar-refractivity contribution < 1.29 is 17.9 Å². The van der Waals surface area contributed by atoms with Crippen LogP contribution in [0, 0.1) is 12.8 Å². The molecule has 1 aromatic carbocycles. The molecule has 0 bridgehead atoms. The SMILES string of the molecule is COC(=O)c1ccc(S(=O)(=O)N2CCC(Cn3ccnc3C)CC2)cc1. The first-order valence-electron chi connectivity index (χ1n) is 8.58. The van der Waals surface area contributed by atoms with Crippen molar-refractivity contribution in [2.24, 2.45) is 5.92 Å². The number of methoxy groups -OCH3 is 1. The summed E-state index contributed by atoms with van der Waals surface area (Å²) in [7, 11) is -2.25. The van der Waals surface area contributed by atoms with Crippen molar-refractivity contribution in [3.05, 3.63) is 48.0 Å². The number of piperidine rings is 1. The molecule has 1 aliphatic heterocycles. The average molecular weight is 377 g/mol. The maximum atomic E-state index is 12.8. The Balaban J connectivity index is 1.64. The van der Waals surface area contributed by atoms with Crippen LogP contribution in [0.3, 0.4) is 0 Å². The molecule has 0 spiro atoms. The van der Waals surface area contributed by atoms with Crippen molar-refractivity contribution in [1.29, 1.82) is 0 Å². The van der Waals surface area contributed by atoms with Gasteiger partial charge in [-0.15, -0.1) is 0 Å². The molecule has 1 saturated heterocycles. The zero-order valence-electron chi connectivity index (χ0n) is 15.0. The van der Waals surface area contributed by atoms with Crippen LogP contribution in [0.25, 0.3) is 0 Å². The van der Waals surface area contributed by atoms with Gasteiger partial charge in [-0.3, -0.25) is 0 Å². The Kier molecular flexibility index (Phi) is 5.43. The number of rotatable bonds is 5. The number of ether oxygens (including phenoxy) is 1. The number of benzene rings is 1. The van der Waals surface area contributed by atoms with Gasteiger partial charge in [0.15, 0.2) is 0 Å². The molecule has 0 N–H and O–H groups in total. The van der Waals surface area contributed by atoms with E-state index < -0.39 is 16.0 Å². The molecule has 2 aromatic rings. The van der Waals surface area contributed by atoms with E-state index in [0.29, 0.717) is 24.6 Å². The van der Waals surface area contributed by atoms with Crippen LogP contribution >= 0.6 is 0 Å². The van der Waals surface area contributed by atoms with Crippen LogP contribution < -0.4 is 0 Å². The molecule has 1 fully saturated rings. The number of nitrogens with zero attached hydrogens (tertiary/aromatic N) is 3. The zero-order valence-corrected chi connectivity index (χ0v) is 15.8. The van der Waals surface area contributed by atoms with Crippen molar-refractivity contribution >= 4 is 16.0 Å². The zero-order chi connectivity index (χ0) is 18.7. The number of esters is 1. The Bertz CT molecular complexity index is 866. The quantitative estimate of drug-likeness (QED) is 0.745. The van der Waals surface area contributed by atoms with Crippen LogP contribution in [0.15, 0.2) is 41.6 Å². The number of hydrogen-bond donors (Lipinski definition) is 0. The molecular weight excluding hydrogens is 354 g/mol. The van der Waals surface area contributed by atoms with Crippen molar-refractivity contribution in [1.82, 2.24) is 13.9 Å². The third-order valence-electron chi connectivity index (χ3n) is 4.87. The van der Waals surface area contributed by atoms with Crippen LogP contribution in [0.5, 0.6) is 0 Å². The van der Waals surface area contributed by atoms with Gasteiger partial charge in [-0.05, 0) is 49.9 Å². The summed E-state index contributed by atoms with van der Waals surface area (Å²) < 4.78 is 33.9. The fourth-order valence-corrected chi connectivity index (χ4v) is 4.71. The summed E-state index contributed by atoms with van der Waals surface area (Å²) in [5.41, 5.74) is 0.334. The number of sulfonamides is 1. The lowest BCUT2D eigenvalue weighted by Gasteiger charge is -2.31. The molecule has 2 heterocycles. The lowest BCUT2D eigenvalue weighted by atomic mass is 9.98. The smallest absolute Gasteiger partial charge is 0.337 e. The van der Waals surface area contributed by atoms with Gasteiger partial charge in [0.05, 0.1) is 17.6 Å². The molecule has 0 unspecified atom stereocenters. The number of imidazole rings is 1. The molecular formula is C18H23N3O4S. The number of aromatic nitrogens is 2. The Morgan fingerprint density at radius 3 is 2.42 bits per heavy atom. The van der Waals surface area contributed by atoms with Gasteiger partial charge in [0.2, 0.25) is 10.0 Å². The predicted octanol–water partition coefficient (Wildman–Crippen LogP) is 2.08. The van der Waals surface area contributed by atoms with Gasteiger partial charge in [-0.1, -0.05) is 0 Å². The molecule has 7 nitrogen and oxygen atoms in total. The first-order chi connectivity index (χ1) is 12.4. The molecule has 8 heteroatoms. The largest absolute Gasteiger partial charge is 0.465 e. The minimum Gasteiger partial charge on any atom is -0.465 e. The fourth-order valence-electron chi connectivity index (χ4n) is 3.24. The molecule has 26 heavy (non-hydrogen) atoms. The molecule has 0 atom stereocenters. The average Bonchev–Trinajstić information content (AvgIpc) is 3.06. The van der Waals surface area contributed by atoms with E-state index in [9.17, 15) is 13.2 Å². The standard InChI is InChI=1S/C18H23N3O4S/c1-14-19-9-12-20(14)13-15-7-10-21(11-8-15)26(23,24)17-5-3-16(4-6-17)18(22)25-2/h3-6,9,12,15H,7-8,10-11,13H2,1-2H3. The monoisotopic (exact) mass is 377 g/mol. The summed E-state index contributed by atoms with van der Waals surface area (Å²) in [4.78, 5) is 15.9. The third-order valence-corrected chi connectivity index (χ3v) is 6.78. The van der Waals surface area contributed by atoms with Crippen LogP contribution in [0.4, 0.5) is 0 Å². The first-order valence-corrected chi connectivity index (χ1v) is 10.0. The topological polar surface area (TPSA) is 81.5 Å². The highest BCUT2D eigenvalue weighted by Gasteiger charge is 2.29. The number of carbonyl (C=O) groups is 1. The number of aryl methyl sites for hydroxylation is 1. The second-order valence-corrected chi connectivity index (χ2v) is 8.43. The maximum Gasteiger partial charge on any atom is 0.337 e. The van der Waals surface area contributed by atoms with E-state index in [1.54, 1.807) is 6.20 Å². The Morgan fingerprint density at radius 2 is 1.88 bits per heavy atom. The molecule has 0 saturated carbocycles. The number of hydrogen-bond acceptors (Lipinski definition) is 5.